The number of aromatic nitrogens is 1. The highest BCUT2D eigenvalue weighted by atomic mass is 35.5. The first kappa shape index (κ1) is 25.5. The van der Waals surface area contributed by atoms with Gasteiger partial charge < -0.3 is 20.3 Å². The summed E-state index contributed by atoms with van der Waals surface area (Å²) in [5.74, 6) is -6.09. The Kier molecular flexibility index (Phi) is 7.47. The number of benzene rings is 1. The molecule has 3 rings (SSSR count). The molecule has 0 bridgehead atoms. The maximum Gasteiger partial charge on any atom is 0.475 e. The second-order valence-electron chi connectivity index (χ2n) is 9.10. The quantitative estimate of drug-likeness (QED) is 0.530. The van der Waals surface area contributed by atoms with Crippen molar-refractivity contribution in [1.82, 2.24) is 15.2 Å². The molecule has 0 unspecified atom stereocenters. The molecule has 2 aromatic rings. The van der Waals surface area contributed by atoms with Crippen molar-refractivity contribution in [1.29, 1.82) is 0 Å². The van der Waals surface area contributed by atoms with E-state index in [0.29, 0.717) is 21.4 Å². The maximum absolute atomic E-state index is 13.6. The largest absolute Gasteiger partial charge is 0.475 e. The van der Waals surface area contributed by atoms with Crippen molar-refractivity contribution in [2.24, 2.45) is 0 Å². The molecule has 7 nitrogen and oxygen atoms in total. The molecule has 2 amide bonds. The first-order valence-corrected chi connectivity index (χ1v) is 11.6. The molecule has 1 aromatic carbocycles. The van der Waals surface area contributed by atoms with Crippen molar-refractivity contribution in [3.05, 3.63) is 50.4 Å². The SMILES string of the molecule is CC(C)(C)c1cc(Cl)ccc1Cc1nc(C(=O)NCC(=O)N2CC(F)(F)C[C@H]2B(O)O)cs1. The molecule has 1 atom stereocenters. The van der Waals surface area contributed by atoms with Gasteiger partial charge >= 0.3 is 7.12 Å². The van der Waals surface area contributed by atoms with E-state index >= 15 is 0 Å². The normalized spacial score (nSPS) is 17.8. The number of carbonyl (C=O) groups is 2. The van der Waals surface area contributed by atoms with Crippen LogP contribution in [0.5, 0.6) is 0 Å². The number of rotatable bonds is 6. The second kappa shape index (κ2) is 9.65. The van der Waals surface area contributed by atoms with Gasteiger partial charge in [0.25, 0.3) is 11.8 Å². The van der Waals surface area contributed by atoms with Crippen molar-refractivity contribution >= 4 is 41.9 Å². The third-order valence-electron chi connectivity index (χ3n) is 5.38. The minimum absolute atomic E-state index is 0.111. The molecule has 0 spiro atoms. The first-order valence-electron chi connectivity index (χ1n) is 10.3. The number of nitrogens with one attached hydrogen (secondary N) is 1. The van der Waals surface area contributed by atoms with Gasteiger partial charge in [0.05, 0.1) is 24.0 Å². The first-order chi connectivity index (χ1) is 15.3. The summed E-state index contributed by atoms with van der Waals surface area (Å²) in [5.41, 5.74) is 2.08. The molecule has 1 aliphatic heterocycles. The molecular formula is C21H25BClF2N3O4S. The van der Waals surface area contributed by atoms with Crippen molar-refractivity contribution in [3.8, 4) is 0 Å². The number of thiazole rings is 1. The van der Waals surface area contributed by atoms with E-state index in [9.17, 15) is 28.4 Å². The monoisotopic (exact) mass is 499 g/mol. The zero-order chi connectivity index (χ0) is 24.6. The predicted molar refractivity (Wildman–Crippen MR) is 123 cm³/mol. The summed E-state index contributed by atoms with van der Waals surface area (Å²) in [7, 11) is -2.09. The van der Waals surface area contributed by atoms with E-state index < -0.39 is 50.3 Å². The van der Waals surface area contributed by atoms with Crippen LogP contribution in [0.1, 0.15) is 53.8 Å². The van der Waals surface area contributed by atoms with Crippen LogP contribution < -0.4 is 5.32 Å². The standard InChI is InChI=1S/C21H25BClF2N3O4S/c1-20(2,3)14-7-13(23)5-4-12(14)6-17-27-15(10-33-17)19(30)26-9-18(29)28-11-21(24,25)8-16(28)22(31)32/h4-5,7,10,16,31-32H,6,8-9,11H2,1-3H3,(H,26,30)/t16-/m0/s1. The molecule has 0 aliphatic carbocycles. The Morgan fingerprint density at radius 2 is 2.06 bits per heavy atom. The zero-order valence-corrected chi connectivity index (χ0v) is 20.0. The number of hydrogen-bond acceptors (Lipinski definition) is 6. The molecule has 1 aliphatic rings. The van der Waals surface area contributed by atoms with Gasteiger partial charge in [-0.2, -0.15) is 0 Å². The number of carbonyl (C=O) groups excluding carboxylic acids is 2. The number of hydrogen-bond donors (Lipinski definition) is 3. The summed E-state index contributed by atoms with van der Waals surface area (Å²) in [5, 5.41) is 23.9. The number of alkyl halides is 2. The third-order valence-corrected chi connectivity index (χ3v) is 6.46. The fraction of sp³-hybridized carbons (Fsp3) is 0.476. The van der Waals surface area contributed by atoms with Crippen molar-refractivity contribution < 1.29 is 28.4 Å². The average molecular weight is 500 g/mol. The van der Waals surface area contributed by atoms with Crippen LogP contribution >= 0.6 is 22.9 Å². The summed E-state index contributed by atoms with van der Waals surface area (Å²) in [6, 6.07) is 5.65. The molecule has 33 heavy (non-hydrogen) atoms. The summed E-state index contributed by atoms with van der Waals surface area (Å²) >= 11 is 7.45. The highest BCUT2D eigenvalue weighted by molar-refractivity contribution is 7.09. The zero-order valence-electron chi connectivity index (χ0n) is 18.4. The number of nitrogens with zero attached hydrogens (tertiary/aromatic N) is 2. The van der Waals surface area contributed by atoms with Crippen molar-refractivity contribution in [2.75, 3.05) is 13.1 Å². The Bertz CT molecular complexity index is 1040. The molecule has 2 heterocycles. The Labute approximate surface area is 199 Å². The highest BCUT2D eigenvalue weighted by Crippen LogP contribution is 2.33. The van der Waals surface area contributed by atoms with Gasteiger partial charge in [-0.05, 0) is 28.7 Å². The van der Waals surface area contributed by atoms with E-state index in [0.717, 1.165) is 11.1 Å². The molecule has 1 saturated heterocycles. The Balaban J connectivity index is 1.64. The van der Waals surface area contributed by atoms with Gasteiger partial charge in [-0.15, -0.1) is 11.3 Å². The van der Waals surface area contributed by atoms with Crippen LogP contribution in [-0.4, -0.2) is 63.8 Å². The van der Waals surface area contributed by atoms with E-state index in [2.05, 4.69) is 31.1 Å². The molecule has 178 valence electrons. The van der Waals surface area contributed by atoms with E-state index in [-0.39, 0.29) is 11.1 Å². The summed E-state index contributed by atoms with van der Waals surface area (Å²) in [4.78, 5) is 29.8. The van der Waals surface area contributed by atoms with E-state index in [1.807, 2.05) is 12.1 Å². The fourth-order valence-corrected chi connectivity index (χ4v) is 4.76. The van der Waals surface area contributed by atoms with E-state index in [4.69, 9.17) is 11.6 Å². The molecule has 12 heteroatoms. The Hall–Kier alpha value is -2.08. The molecule has 1 fully saturated rings. The smallest absolute Gasteiger partial charge is 0.426 e. The second-order valence-corrected chi connectivity index (χ2v) is 10.5. The van der Waals surface area contributed by atoms with Gasteiger partial charge in [0.15, 0.2) is 0 Å². The lowest BCUT2D eigenvalue weighted by Gasteiger charge is -2.23. The van der Waals surface area contributed by atoms with Crippen LogP contribution in [0, 0.1) is 0 Å². The van der Waals surface area contributed by atoms with Gasteiger partial charge in [-0.25, -0.2) is 13.8 Å². The number of amides is 2. The van der Waals surface area contributed by atoms with Gasteiger partial charge in [-0.1, -0.05) is 38.4 Å². The van der Waals surface area contributed by atoms with Gasteiger partial charge in [0.2, 0.25) is 5.91 Å². The highest BCUT2D eigenvalue weighted by Gasteiger charge is 2.51. The Morgan fingerprint density at radius 3 is 2.70 bits per heavy atom. The van der Waals surface area contributed by atoms with Crippen molar-refractivity contribution in [2.45, 2.75) is 50.9 Å². The predicted octanol–water partition coefficient (Wildman–Crippen LogP) is 2.66. The topological polar surface area (TPSA) is 103 Å². The molecule has 1 aromatic heterocycles. The van der Waals surface area contributed by atoms with Crippen LogP contribution in [0.25, 0.3) is 0 Å². The third kappa shape index (κ3) is 6.29. The summed E-state index contributed by atoms with van der Waals surface area (Å²) < 4.78 is 27.2. The van der Waals surface area contributed by atoms with Crippen LogP contribution in [-0.2, 0) is 16.6 Å². The minimum Gasteiger partial charge on any atom is -0.426 e. The van der Waals surface area contributed by atoms with Gasteiger partial charge in [-0.3, -0.25) is 9.59 Å². The van der Waals surface area contributed by atoms with Crippen LogP contribution in [0.4, 0.5) is 8.78 Å². The minimum atomic E-state index is -3.22. The lowest BCUT2D eigenvalue weighted by atomic mass is 9.77. The molecular weight excluding hydrogens is 475 g/mol. The van der Waals surface area contributed by atoms with Crippen LogP contribution in [0.3, 0.4) is 0 Å². The lowest BCUT2D eigenvalue weighted by molar-refractivity contribution is -0.131. The Morgan fingerprint density at radius 1 is 1.36 bits per heavy atom. The van der Waals surface area contributed by atoms with E-state index in [1.54, 1.807) is 11.4 Å². The van der Waals surface area contributed by atoms with E-state index in [1.165, 1.54) is 11.3 Å². The van der Waals surface area contributed by atoms with Crippen LogP contribution in [0.15, 0.2) is 23.6 Å². The lowest BCUT2D eigenvalue weighted by Crippen LogP contribution is -2.49. The van der Waals surface area contributed by atoms with Crippen molar-refractivity contribution in [3.63, 3.8) is 0 Å². The number of likely N-dealkylation sites (tertiary alicyclic amines) is 1. The number of halogens is 3. The summed E-state index contributed by atoms with van der Waals surface area (Å²) in [6.45, 7) is 4.75. The maximum atomic E-state index is 13.6. The van der Waals surface area contributed by atoms with Gasteiger partial charge in [0, 0.05) is 23.2 Å². The molecule has 3 N–H and O–H groups in total. The average Bonchev–Trinajstić information content (AvgIpc) is 3.30. The summed E-state index contributed by atoms with van der Waals surface area (Å²) in [6.07, 6.45) is -0.347. The fourth-order valence-electron chi connectivity index (χ4n) is 3.79. The van der Waals surface area contributed by atoms with Gasteiger partial charge in [0.1, 0.15) is 5.69 Å². The molecule has 0 radical (unpaired) electrons. The van der Waals surface area contributed by atoms with Crippen LogP contribution in [0.2, 0.25) is 5.02 Å². The molecule has 0 saturated carbocycles.